The van der Waals surface area contributed by atoms with Crippen LogP contribution in [0.2, 0.25) is 5.15 Å². The van der Waals surface area contributed by atoms with Gasteiger partial charge in [0.15, 0.2) is 0 Å². The molecule has 0 spiro atoms. The lowest BCUT2D eigenvalue weighted by Crippen LogP contribution is -2.22. The van der Waals surface area contributed by atoms with Crippen molar-refractivity contribution in [3.8, 4) is 11.5 Å². The van der Waals surface area contributed by atoms with E-state index in [4.69, 9.17) is 22.1 Å². The maximum Gasteiger partial charge on any atom is 0.573 e. The highest BCUT2D eigenvalue weighted by Crippen LogP contribution is 2.37. The summed E-state index contributed by atoms with van der Waals surface area (Å²) < 4.78 is 46.7. The highest BCUT2D eigenvalue weighted by molar-refractivity contribution is 6.29. The first kappa shape index (κ1) is 18.2. The molecule has 8 heteroatoms. The minimum absolute atomic E-state index is 0.202. The molecule has 1 heterocycles. The number of hydrogen-bond acceptors (Lipinski definition) is 4. The summed E-state index contributed by atoms with van der Waals surface area (Å²) in [5, 5.41) is 0.202. The number of aromatic nitrogens is 1. The van der Waals surface area contributed by atoms with Crippen LogP contribution in [0.1, 0.15) is 25.1 Å². The molecule has 0 saturated heterocycles. The molecule has 0 amide bonds. The molecular weight excluding hydrogens is 345 g/mol. The molecule has 2 rings (SSSR count). The second kappa shape index (κ2) is 6.39. The van der Waals surface area contributed by atoms with Crippen LogP contribution in [0.4, 0.5) is 18.9 Å². The molecule has 0 atom stereocenters. The molecule has 0 saturated carbocycles. The zero-order valence-electron chi connectivity index (χ0n) is 13.2. The number of pyridine rings is 1. The van der Waals surface area contributed by atoms with Crippen molar-refractivity contribution in [3.05, 3.63) is 46.7 Å². The van der Waals surface area contributed by atoms with Crippen molar-refractivity contribution >= 4 is 17.3 Å². The van der Waals surface area contributed by atoms with Crippen molar-refractivity contribution in [2.75, 3.05) is 12.8 Å². The topological polar surface area (TPSA) is 57.4 Å². The number of benzene rings is 1. The smallest absolute Gasteiger partial charge is 0.497 e. The molecule has 0 fully saturated rings. The van der Waals surface area contributed by atoms with E-state index in [1.54, 1.807) is 26.0 Å². The number of hydrogen-bond donors (Lipinski definition) is 1. The van der Waals surface area contributed by atoms with E-state index >= 15 is 0 Å². The number of halogens is 4. The van der Waals surface area contributed by atoms with Crippen LogP contribution < -0.4 is 15.2 Å². The highest BCUT2D eigenvalue weighted by Gasteiger charge is 2.33. The number of nitrogens with zero attached hydrogens (tertiary/aromatic N) is 1. The van der Waals surface area contributed by atoms with E-state index in [2.05, 4.69) is 9.72 Å². The molecule has 2 aromatic rings. The molecule has 0 aliphatic heterocycles. The predicted octanol–water partition coefficient (Wildman–Crippen LogP) is 4.55. The fourth-order valence-electron chi connectivity index (χ4n) is 2.23. The average molecular weight is 361 g/mol. The number of methoxy groups -OCH3 is 1. The molecule has 1 aromatic carbocycles. The highest BCUT2D eigenvalue weighted by atomic mass is 35.5. The molecule has 0 unspecified atom stereocenters. The van der Waals surface area contributed by atoms with Crippen molar-refractivity contribution in [1.82, 2.24) is 4.98 Å². The standard InChI is InChI=1S/C16H16ClF3N2O2/c1-15(2,13-6-10(21)7-14(17)22-13)9-4-11(23-3)8-12(5-9)24-16(18,19)20/h4-8H,1-3H3,(H2,21,22). The molecular formula is C16H16ClF3N2O2. The lowest BCUT2D eigenvalue weighted by Gasteiger charge is -2.26. The molecule has 2 N–H and O–H groups in total. The minimum Gasteiger partial charge on any atom is -0.497 e. The molecule has 130 valence electrons. The van der Waals surface area contributed by atoms with Gasteiger partial charge < -0.3 is 15.2 Å². The summed E-state index contributed by atoms with van der Waals surface area (Å²) in [6.45, 7) is 3.58. The fraction of sp³-hybridized carbons (Fsp3) is 0.312. The molecule has 0 aliphatic rings. The summed E-state index contributed by atoms with van der Waals surface area (Å²) in [4.78, 5) is 4.22. The third kappa shape index (κ3) is 4.23. The quantitative estimate of drug-likeness (QED) is 0.813. The summed E-state index contributed by atoms with van der Waals surface area (Å²) in [5.74, 6) is -0.144. The largest absolute Gasteiger partial charge is 0.573 e. The van der Waals surface area contributed by atoms with Gasteiger partial charge in [-0.25, -0.2) is 4.98 Å². The van der Waals surface area contributed by atoms with Gasteiger partial charge in [0.1, 0.15) is 16.7 Å². The van der Waals surface area contributed by atoms with Crippen molar-refractivity contribution in [3.63, 3.8) is 0 Å². The van der Waals surface area contributed by atoms with E-state index < -0.39 is 11.8 Å². The number of nitrogen functional groups attached to an aromatic ring is 1. The van der Waals surface area contributed by atoms with Crippen LogP contribution in [-0.4, -0.2) is 18.5 Å². The molecule has 0 radical (unpaired) electrons. The Morgan fingerprint density at radius 1 is 1.04 bits per heavy atom. The van der Waals surface area contributed by atoms with E-state index in [1.165, 1.54) is 19.2 Å². The predicted molar refractivity (Wildman–Crippen MR) is 85.5 cm³/mol. The van der Waals surface area contributed by atoms with Gasteiger partial charge in [0.2, 0.25) is 0 Å². The van der Waals surface area contributed by atoms with Gasteiger partial charge in [0.05, 0.1) is 12.8 Å². The van der Waals surface area contributed by atoms with Crippen molar-refractivity contribution in [2.24, 2.45) is 0 Å². The lowest BCUT2D eigenvalue weighted by atomic mass is 9.81. The van der Waals surface area contributed by atoms with Gasteiger partial charge in [0.25, 0.3) is 0 Å². The molecule has 4 nitrogen and oxygen atoms in total. The molecule has 0 aliphatic carbocycles. The number of anilines is 1. The summed E-state index contributed by atoms with van der Waals surface area (Å²) >= 11 is 5.93. The van der Waals surface area contributed by atoms with Crippen LogP contribution in [-0.2, 0) is 5.41 Å². The Kier molecular flexibility index (Phi) is 4.85. The van der Waals surface area contributed by atoms with Crippen LogP contribution >= 0.6 is 11.6 Å². The van der Waals surface area contributed by atoms with Gasteiger partial charge in [-0.05, 0) is 29.8 Å². The van der Waals surface area contributed by atoms with Crippen LogP contribution in [0.3, 0.4) is 0 Å². The van der Waals surface area contributed by atoms with Crippen molar-refractivity contribution in [1.29, 1.82) is 0 Å². The SMILES string of the molecule is COc1cc(OC(F)(F)F)cc(C(C)(C)c2cc(N)cc(Cl)n2)c1. The molecule has 1 aromatic heterocycles. The number of nitrogens with two attached hydrogens (primary N) is 1. The van der Waals surface area contributed by atoms with E-state index in [0.29, 0.717) is 16.9 Å². The maximum absolute atomic E-state index is 12.5. The van der Waals surface area contributed by atoms with Gasteiger partial charge in [-0.3, -0.25) is 0 Å². The van der Waals surface area contributed by atoms with Crippen molar-refractivity contribution < 1.29 is 22.6 Å². The molecule has 0 bridgehead atoms. The van der Waals surface area contributed by atoms with Crippen LogP contribution in [0, 0.1) is 0 Å². The summed E-state index contributed by atoms with van der Waals surface area (Å²) in [6.07, 6.45) is -4.80. The van der Waals surface area contributed by atoms with E-state index in [9.17, 15) is 13.2 Å². The fourth-order valence-corrected chi connectivity index (χ4v) is 2.44. The first-order valence-corrected chi connectivity index (χ1v) is 7.28. The first-order valence-electron chi connectivity index (χ1n) is 6.90. The summed E-state index contributed by atoms with van der Waals surface area (Å²) in [7, 11) is 1.36. The van der Waals surface area contributed by atoms with Gasteiger partial charge in [0, 0.05) is 17.2 Å². The second-order valence-electron chi connectivity index (χ2n) is 5.68. The third-order valence-electron chi connectivity index (χ3n) is 3.53. The Morgan fingerprint density at radius 2 is 1.67 bits per heavy atom. The normalized spacial score (nSPS) is 12.1. The second-order valence-corrected chi connectivity index (χ2v) is 6.07. The Bertz CT molecular complexity index is 728. The monoisotopic (exact) mass is 360 g/mol. The Morgan fingerprint density at radius 3 is 2.21 bits per heavy atom. The zero-order valence-corrected chi connectivity index (χ0v) is 14.0. The van der Waals surface area contributed by atoms with Gasteiger partial charge in [-0.2, -0.15) is 0 Å². The Hall–Kier alpha value is -2.15. The van der Waals surface area contributed by atoms with Gasteiger partial charge in [-0.15, -0.1) is 13.2 Å². The van der Waals surface area contributed by atoms with Crippen molar-refractivity contribution in [2.45, 2.75) is 25.6 Å². The van der Waals surface area contributed by atoms with Crippen LogP contribution in [0.5, 0.6) is 11.5 Å². The average Bonchev–Trinajstić information content (AvgIpc) is 2.44. The van der Waals surface area contributed by atoms with E-state index in [1.807, 2.05) is 0 Å². The minimum atomic E-state index is -4.80. The lowest BCUT2D eigenvalue weighted by molar-refractivity contribution is -0.274. The number of ether oxygens (including phenoxy) is 2. The number of alkyl halides is 3. The number of rotatable bonds is 4. The molecule has 24 heavy (non-hydrogen) atoms. The van der Waals surface area contributed by atoms with E-state index in [-0.39, 0.29) is 16.7 Å². The summed E-state index contributed by atoms with van der Waals surface area (Å²) in [5.41, 5.74) is 6.43. The van der Waals surface area contributed by atoms with E-state index in [0.717, 1.165) is 6.07 Å². The van der Waals surface area contributed by atoms with Gasteiger partial charge >= 0.3 is 6.36 Å². The summed E-state index contributed by atoms with van der Waals surface area (Å²) in [6, 6.07) is 7.17. The Balaban J connectivity index is 2.54. The first-order chi connectivity index (χ1) is 11.0. The van der Waals surface area contributed by atoms with Gasteiger partial charge in [-0.1, -0.05) is 25.4 Å². The maximum atomic E-state index is 12.5. The van der Waals surface area contributed by atoms with Crippen LogP contribution in [0.25, 0.3) is 0 Å². The zero-order chi connectivity index (χ0) is 18.1. The Labute approximate surface area is 142 Å². The third-order valence-corrected chi connectivity index (χ3v) is 3.72. The van der Waals surface area contributed by atoms with Crippen LogP contribution in [0.15, 0.2) is 30.3 Å².